The van der Waals surface area contributed by atoms with E-state index in [4.69, 9.17) is 17.2 Å². The summed E-state index contributed by atoms with van der Waals surface area (Å²) in [7, 11) is 0. The van der Waals surface area contributed by atoms with Crippen molar-refractivity contribution in [2.45, 2.75) is 33.6 Å². The van der Waals surface area contributed by atoms with Crippen LogP contribution in [0.4, 0.5) is 0 Å². The second-order valence-electron chi connectivity index (χ2n) is 5.74. The van der Waals surface area contributed by atoms with Gasteiger partial charge in [0.25, 0.3) is 0 Å². The van der Waals surface area contributed by atoms with Crippen molar-refractivity contribution in [3.05, 3.63) is 39.8 Å². The minimum Gasteiger partial charge on any atom is -0.282 e. The number of H-pyrrole nitrogens is 2. The molecule has 5 heteroatoms. The van der Waals surface area contributed by atoms with Crippen LogP contribution in [0, 0.1) is 18.6 Å². The number of benzene rings is 1. The number of aromatic amines is 2. The van der Waals surface area contributed by atoms with E-state index in [0.29, 0.717) is 10.7 Å². The van der Waals surface area contributed by atoms with Gasteiger partial charge in [0.15, 0.2) is 5.82 Å². The molecule has 108 valence electrons. The van der Waals surface area contributed by atoms with Gasteiger partial charge in [-0.2, -0.15) is 4.98 Å². The fourth-order valence-electron chi connectivity index (χ4n) is 2.59. The number of nitrogens with zero attached hydrogens (tertiary/aromatic N) is 2. The SMILES string of the molecule is Cc1cc(C)c2nc(C(C)C)cc(-c3nc(=S)[nH][nH]3)c2c1. The molecule has 0 saturated carbocycles. The van der Waals surface area contributed by atoms with Gasteiger partial charge in [-0.25, -0.2) is 0 Å². The van der Waals surface area contributed by atoms with Gasteiger partial charge in [0.2, 0.25) is 4.77 Å². The number of rotatable bonds is 2. The van der Waals surface area contributed by atoms with Gasteiger partial charge in [-0.05, 0) is 49.7 Å². The van der Waals surface area contributed by atoms with Crippen LogP contribution in [-0.2, 0) is 0 Å². The summed E-state index contributed by atoms with van der Waals surface area (Å²) in [6.45, 7) is 8.49. The molecule has 0 saturated heterocycles. The molecule has 2 aromatic heterocycles. The average Bonchev–Trinajstić information content (AvgIpc) is 2.84. The zero-order valence-electron chi connectivity index (χ0n) is 12.6. The topological polar surface area (TPSA) is 57.4 Å². The lowest BCUT2D eigenvalue weighted by Gasteiger charge is -2.12. The van der Waals surface area contributed by atoms with Crippen molar-refractivity contribution in [2.75, 3.05) is 0 Å². The number of hydrogen-bond donors (Lipinski definition) is 2. The Morgan fingerprint density at radius 3 is 2.43 bits per heavy atom. The predicted octanol–water partition coefficient (Wildman–Crippen LogP) is 4.42. The number of hydrogen-bond acceptors (Lipinski definition) is 3. The average molecular weight is 298 g/mol. The van der Waals surface area contributed by atoms with Crippen molar-refractivity contribution >= 4 is 23.1 Å². The highest BCUT2D eigenvalue weighted by Crippen LogP contribution is 2.31. The predicted molar refractivity (Wildman–Crippen MR) is 88.1 cm³/mol. The van der Waals surface area contributed by atoms with Crippen molar-refractivity contribution in [1.82, 2.24) is 20.2 Å². The number of nitrogens with one attached hydrogen (secondary N) is 2. The van der Waals surface area contributed by atoms with Crippen LogP contribution in [0.15, 0.2) is 18.2 Å². The number of aryl methyl sites for hydroxylation is 2. The molecule has 3 aromatic rings. The lowest BCUT2D eigenvalue weighted by atomic mass is 9.98. The summed E-state index contributed by atoms with van der Waals surface area (Å²) in [4.78, 5) is 9.20. The van der Waals surface area contributed by atoms with Gasteiger partial charge in [0, 0.05) is 16.6 Å². The van der Waals surface area contributed by atoms with Gasteiger partial charge in [0.1, 0.15) is 0 Å². The minimum absolute atomic E-state index is 0.357. The molecule has 0 spiro atoms. The van der Waals surface area contributed by atoms with E-state index in [2.05, 4.69) is 61.1 Å². The van der Waals surface area contributed by atoms with Crippen LogP contribution in [0.2, 0.25) is 0 Å². The van der Waals surface area contributed by atoms with Crippen LogP contribution < -0.4 is 0 Å². The van der Waals surface area contributed by atoms with Gasteiger partial charge < -0.3 is 0 Å². The summed E-state index contributed by atoms with van der Waals surface area (Å²) in [5, 5.41) is 7.03. The van der Waals surface area contributed by atoms with E-state index in [1.54, 1.807) is 0 Å². The van der Waals surface area contributed by atoms with E-state index in [-0.39, 0.29) is 0 Å². The Morgan fingerprint density at radius 1 is 1.05 bits per heavy atom. The fourth-order valence-corrected chi connectivity index (χ4v) is 2.73. The molecule has 4 nitrogen and oxygen atoms in total. The van der Waals surface area contributed by atoms with E-state index in [9.17, 15) is 0 Å². The molecule has 0 radical (unpaired) electrons. The lowest BCUT2D eigenvalue weighted by Crippen LogP contribution is -1.98. The Labute approximate surface area is 128 Å². The third kappa shape index (κ3) is 2.49. The van der Waals surface area contributed by atoms with Gasteiger partial charge in [-0.15, -0.1) is 0 Å². The van der Waals surface area contributed by atoms with Crippen molar-refractivity contribution in [3.8, 4) is 11.4 Å². The first-order chi connectivity index (χ1) is 9.95. The third-order valence-corrected chi connectivity index (χ3v) is 3.81. The van der Waals surface area contributed by atoms with Crippen molar-refractivity contribution in [3.63, 3.8) is 0 Å². The van der Waals surface area contributed by atoms with Crippen molar-refractivity contribution in [2.24, 2.45) is 0 Å². The maximum Gasteiger partial charge on any atom is 0.213 e. The van der Waals surface area contributed by atoms with Crippen molar-refractivity contribution in [1.29, 1.82) is 0 Å². The Morgan fingerprint density at radius 2 is 1.81 bits per heavy atom. The molecule has 0 aliphatic rings. The van der Waals surface area contributed by atoms with Crippen LogP contribution in [-0.4, -0.2) is 20.2 Å². The quantitative estimate of drug-likeness (QED) is 0.688. The third-order valence-electron chi connectivity index (χ3n) is 3.62. The Bertz CT molecular complexity index is 874. The van der Waals surface area contributed by atoms with Crippen LogP contribution in [0.3, 0.4) is 0 Å². The summed E-state index contributed by atoms with van der Waals surface area (Å²) < 4.78 is 0.463. The molecule has 21 heavy (non-hydrogen) atoms. The van der Waals surface area contributed by atoms with Crippen LogP contribution >= 0.6 is 12.2 Å². The molecule has 3 rings (SSSR count). The summed E-state index contributed by atoms with van der Waals surface area (Å²) >= 11 is 5.08. The number of fused-ring (bicyclic) bond motifs is 1. The zero-order valence-corrected chi connectivity index (χ0v) is 13.4. The molecule has 0 amide bonds. The first-order valence-electron chi connectivity index (χ1n) is 7.02. The summed E-state index contributed by atoms with van der Waals surface area (Å²) in [6.07, 6.45) is 0. The van der Waals surface area contributed by atoms with E-state index in [1.165, 1.54) is 11.1 Å². The molecule has 0 unspecified atom stereocenters. The molecule has 1 aromatic carbocycles. The Hall–Kier alpha value is -2.01. The van der Waals surface area contributed by atoms with Gasteiger partial charge in [-0.3, -0.25) is 15.2 Å². The molecule has 0 bridgehead atoms. The highest BCUT2D eigenvalue weighted by Gasteiger charge is 2.14. The van der Waals surface area contributed by atoms with Gasteiger partial charge in [0.05, 0.1) is 5.52 Å². The van der Waals surface area contributed by atoms with Crippen LogP contribution in [0.25, 0.3) is 22.3 Å². The van der Waals surface area contributed by atoms with Gasteiger partial charge >= 0.3 is 0 Å². The molecule has 2 N–H and O–H groups in total. The van der Waals surface area contributed by atoms with E-state index in [0.717, 1.165) is 28.0 Å². The molecule has 0 aliphatic heterocycles. The largest absolute Gasteiger partial charge is 0.282 e. The Kier molecular flexibility index (Phi) is 3.37. The highest BCUT2D eigenvalue weighted by atomic mass is 32.1. The standard InChI is InChI=1S/C16H18N4S/c1-8(2)13-7-12(15-18-16(21)20-19-15)11-6-9(3)5-10(4)14(11)17-13/h5-8H,1-4H3,(H2,18,19,20,21). The van der Waals surface area contributed by atoms with E-state index < -0.39 is 0 Å². The number of aromatic nitrogens is 4. The number of pyridine rings is 1. The summed E-state index contributed by atoms with van der Waals surface area (Å²) in [6, 6.07) is 6.42. The molecular weight excluding hydrogens is 280 g/mol. The molecule has 0 fully saturated rings. The monoisotopic (exact) mass is 298 g/mol. The second-order valence-corrected chi connectivity index (χ2v) is 6.13. The van der Waals surface area contributed by atoms with Crippen LogP contribution in [0.5, 0.6) is 0 Å². The van der Waals surface area contributed by atoms with Crippen LogP contribution in [0.1, 0.15) is 36.6 Å². The van der Waals surface area contributed by atoms with E-state index in [1.807, 2.05) is 0 Å². The molecule has 0 atom stereocenters. The second kappa shape index (κ2) is 5.07. The van der Waals surface area contributed by atoms with Crippen molar-refractivity contribution < 1.29 is 0 Å². The molecular formula is C16H18N4S. The maximum absolute atomic E-state index is 5.08. The smallest absolute Gasteiger partial charge is 0.213 e. The normalized spacial score (nSPS) is 11.5. The first kappa shape index (κ1) is 13.9. The van der Waals surface area contributed by atoms with E-state index >= 15 is 0 Å². The lowest BCUT2D eigenvalue weighted by molar-refractivity contribution is 0.829. The first-order valence-corrected chi connectivity index (χ1v) is 7.43. The molecule has 2 heterocycles. The zero-order chi connectivity index (χ0) is 15.1. The summed E-state index contributed by atoms with van der Waals surface area (Å²) in [5.41, 5.74) is 5.54. The fraction of sp³-hybridized carbons (Fsp3) is 0.312. The minimum atomic E-state index is 0.357. The summed E-state index contributed by atoms with van der Waals surface area (Å²) in [5.74, 6) is 1.12. The Balaban J connectivity index is 2.42. The highest BCUT2D eigenvalue weighted by molar-refractivity contribution is 7.71. The molecule has 0 aliphatic carbocycles. The van der Waals surface area contributed by atoms with Gasteiger partial charge in [-0.1, -0.05) is 25.5 Å². The maximum atomic E-state index is 5.08.